The molecular weight excluding hydrogens is 306 g/mol. The molecule has 118 valence electrons. The van der Waals surface area contributed by atoms with Gasteiger partial charge < -0.3 is 15.7 Å². The molecular formula is C16H18F2N2OS. The monoisotopic (exact) mass is 324 g/mol. The number of halogens is 2. The van der Waals surface area contributed by atoms with E-state index in [9.17, 15) is 13.9 Å². The van der Waals surface area contributed by atoms with E-state index < -0.39 is 29.3 Å². The number of fused-ring (bicyclic) bond motifs is 1. The Morgan fingerprint density at radius 1 is 1.36 bits per heavy atom. The van der Waals surface area contributed by atoms with Gasteiger partial charge >= 0.3 is 0 Å². The second-order valence-electron chi connectivity index (χ2n) is 6.08. The topological polar surface area (TPSA) is 44.3 Å². The largest absolute Gasteiger partial charge is 0.389 e. The summed E-state index contributed by atoms with van der Waals surface area (Å²) in [5.41, 5.74) is -0.0263. The van der Waals surface area contributed by atoms with Crippen molar-refractivity contribution in [2.24, 2.45) is 0 Å². The van der Waals surface area contributed by atoms with Gasteiger partial charge in [0, 0.05) is 28.7 Å². The molecule has 2 aromatic rings. The Kier molecular flexibility index (Phi) is 3.92. The van der Waals surface area contributed by atoms with Crippen LogP contribution >= 0.6 is 11.3 Å². The number of hydrogen-bond donors (Lipinski definition) is 3. The van der Waals surface area contributed by atoms with Gasteiger partial charge in [-0.25, -0.2) is 8.78 Å². The Morgan fingerprint density at radius 2 is 2.14 bits per heavy atom. The summed E-state index contributed by atoms with van der Waals surface area (Å²) < 4.78 is 27.7. The number of rotatable bonds is 3. The van der Waals surface area contributed by atoms with E-state index in [0.29, 0.717) is 12.2 Å². The lowest BCUT2D eigenvalue weighted by molar-refractivity contribution is 0.0663. The first-order chi connectivity index (χ1) is 10.4. The van der Waals surface area contributed by atoms with Crippen molar-refractivity contribution in [3.8, 4) is 0 Å². The van der Waals surface area contributed by atoms with Crippen LogP contribution in [-0.4, -0.2) is 16.7 Å². The zero-order valence-electron chi connectivity index (χ0n) is 12.4. The lowest BCUT2D eigenvalue weighted by atomic mass is 9.82. The van der Waals surface area contributed by atoms with Crippen molar-refractivity contribution in [2.75, 3.05) is 5.32 Å². The average molecular weight is 324 g/mol. The van der Waals surface area contributed by atoms with Gasteiger partial charge in [-0.1, -0.05) is 6.07 Å². The number of aliphatic hydroxyl groups is 1. The van der Waals surface area contributed by atoms with E-state index in [2.05, 4.69) is 10.6 Å². The Labute approximate surface area is 132 Å². The summed E-state index contributed by atoms with van der Waals surface area (Å²) in [5, 5.41) is 18.8. The number of benzene rings is 1. The van der Waals surface area contributed by atoms with E-state index in [0.717, 1.165) is 10.9 Å². The SMILES string of the molecule is CC1(C)Nc2cc(F)cc(F)c2[C@H](NCc2cccs2)[C@H]1O. The van der Waals surface area contributed by atoms with Crippen molar-refractivity contribution >= 4 is 17.0 Å². The van der Waals surface area contributed by atoms with Crippen molar-refractivity contribution < 1.29 is 13.9 Å². The molecule has 3 rings (SSSR count). The Bertz CT molecular complexity index is 673. The molecule has 1 aliphatic heterocycles. The van der Waals surface area contributed by atoms with Crippen LogP contribution in [-0.2, 0) is 6.54 Å². The van der Waals surface area contributed by atoms with Gasteiger partial charge in [0.05, 0.1) is 17.7 Å². The minimum Gasteiger partial charge on any atom is -0.389 e. The van der Waals surface area contributed by atoms with Gasteiger partial charge in [-0.05, 0) is 31.4 Å². The van der Waals surface area contributed by atoms with E-state index in [-0.39, 0.29) is 5.56 Å². The first-order valence-corrected chi connectivity index (χ1v) is 7.97. The molecule has 0 bridgehead atoms. The highest BCUT2D eigenvalue weighted by Crippen LogP contribution is 2.39. The van der Waals surface area contributed by atoms with Crippen LogP contribution in [0.5, 0.6) is 0 Å². The molecule has 0 amide bonds. The molecule has 1 aromatic carbocycles. The van der Waals surface area contributed by atoms with Gasteiger partial charge in [0.2, 0.25) is 0 Å². The van der Waals surface area contributed by atoms with Crippen LogP contribution in [0, 0.1) is 11.6 Å². The van der Waals surface area contributed by atoms with Crippen LogP contribution in [0.2, 0.25) is 0 Å². The van der Waals surface area contributed by atoms with E-state index in [4.69, 9.17) is 0 Å². The number of aliphatic hydroxyl groups excluding tert-OH is 1. The Morgan fingerprint density at radius 3 is 2.82 bits per heavy atom. The predicted molar refractivity (Wildman–Crippen MR) is 84.0 cm³/mol. The van der Waals surface area contributed by atoms with E-state index in [1.807, 2.05) is 31.4 Å². The maximum absolute atomic E-state index is 14.2. The van der Waals surface area contributed by atoms with Crippen LogP contribution in [0.25, 0.3) is 0 Å². The molecule has 0 radical (unpaired) electrons. The molecule has 1 aliphatic rings. The third kappa shape index (κ3) is 2.74. The number of nitrogens with one attached hydrogen (secondary N) is 2. The van der Waals surface area contributed by atoms with Gasteiger partial charge in [-0.2, -0.15) is 0 Å². The molecule has 0 saturated heterocycles. The molecule has 0 aliphatic carbocycles. The van der Waals surface area contributed by atoms with Crippen LogP contribution in [0.3, 0.4) is 0 Å². The number of anilines is 1. The van der Waals surface area contributed by atoms with Gasteiger partial charge in [0.1, 0.15) is 11.6 Å². The quantitative estimate of drug-likeness (QED) is 0.810. The van der Waals surface area contributed by atoms with Gasteiger partial charge in [0.15, 0.2) is 0 Å². The number of thiophene rings is 1. The maximum atomic E-state index is 14.2. The predicted octanol–water partition coefficient (Wildman–Crippen LogP) is 3.42. The highest BCUT2D eigenvalue weighted by atomic mass is 32.1. The van der Waals surface area contributed by atoms with Crippen LogP contribution in [0.4, 0.5) is 14.5 Å². The smallest absolute Gasteiger partial charge is 0.133 e. The van der Waals surface area contributed by atoms with Crippen molar-refractivity contribution in [2.45, 2.75) is 38.1 Å². The minimum atomic E-state index is -0.847. The second kappa shape index (κ2) is 5.61. The van der Waals surface area contributed by atoms with Crippen LogP contribution in [0.1, 0.15) is 30.3 Å². The third-order valence-corrected chi connectivity index (χ3v) is 4.87. The lowest BCUT2D eigenvalue weighted by Crippen LogP contribution is -2.54. The fourth-order valence-electron chi connectivity index (χ4n) is 2.84. The van der Waals surface area contributed by atoms with E-state index >= 15 is 0 Å². The standard InChI is InChI=1S/C16H18F2N2OS/c1-16(2)15(21)14(19-8-10-4-3-5-22-10)13-11(18)6-9(17)7-12(13)20-16/h3-7,14-15,19-21H,8H2,1-2H3/t14-,15+/m0/s1. The fourth-order valence-corrected chi connectivity index (χ4v) is 3.49. The van der Waals surface area contributed by atoms with Gasteiger partial charge in [-0.15, -0.1) is 11.3 Å². The summed E-state index contributed by atoms with van der Waals surface area (Å²) in [6.45, 7) is 4.14. The Hall–Kier alpha value is -1.50. The van der Waals surface area contributed by atoms with Crippen LogP contribution in [0.15, 0.2) is 29.6 Å². The summed E-state index contributed by atoms with van der Waals surface area (Å²) in [4.78, 5) is 1.09. The van der Waals surface area contributed by atoms with Crippen LogP contribution < -0.4 is 10.6 Å². The molecule has 1 aromatic heterocycles. The minimum absolute atomic E-state index is 0.282. The summed E-state index contributed by atoms with van der Waals surface area (Å²) in [6.07, 6.45) is -0.847. The van der Waals surface area contributed by atoms with Crippen molar-refractivity contribution in [1.82, 2.24) is 5.32 Å². The molecule has 22 heavy (non-hydrogen) atoms. The lowest BCUT2D eigenvalue weighted by Gasteiger charge is -2.43. The molecule has 2 atom stereocenters. The average Bonchev–Trinajstić information content (AvgIpc) is 2.92. The zero-order chi connectivity index (χ0) is 15.9. The zero-order valence-corrected chi connectivity index (χ0v) is 13.2. The molecule has 0 fully saturated rings. The van der Waals surface area contributed by atoms with Crippen molar-refractivity contribution in [3.63, 3.8) is 0 Å². The van der Waals surface area contributed by atoms with E-state index in [1.54, 1.807) is 11.3 Å². The first kappa shape index (κ1) is 15.4. The molecule has 3 N–H and O–H groups in total. The molecule has 3 nitrogen and oxygen atoms in total. The summed E-state index contributed by atoms with van der Waals surface area (Å²) in [5.74, 6) is -1.28. The summed E-state index contributed by atoms with van der Waals surface area (Å²) in [6, 6.07) is 5.43. The second-order valence-corrected chi connectivity index (χ2v) is 7.11. The summed E-state index contributed by atoms with van der Waals surface area (Å²) in [7, 11) is 0. The van der Waals surface area contributed by atoms with Gasteiger partial charge in [-0.3, -0.25) is 0 Å². The normalized spacial score (nSPS) is 23.0. The van der Waals surface area contributed by atoms with Crippen molar-refractivity contribution in [1.29, 1.82) is 0 Å². The molecule has 0 unspecified atom stereocenters. The first-order valence-electron chi connectivity index (χ1n) is 7.09. The highest BCUT2D eigenvalue weighted by molar-refractivity contribution is 7.09. The maximum Gasteiger partial charge on any atom is 0.133 e. The molecule has 2 heterocycles. The van der Waals surface area contributed by atoms with Gasteiger partial charge in [0.25, 0.3) is 0 Å². The molecule has 0 spiro atoms. The van der Waals surface area contributed by atoms with Crippen molar-refractivity contribution in [3.05, 3.63) is 51.7 Å². The number of hydrogen-bond acceptors (Lipinski definition) is 4. The van der Waals surface area contributed by atoms with E-state index in [1.165, 1.54) is 6.07 Å². The third-order valence-electron chi connectivity index (χ3n) is 3.99. The highest BCUT2D eigenvalue weighted by Gasteiger charge is 2.42. The molecule has 0 saturated carbocycles. The summed E-state index contributed by atoms with van der Waals surface area (Å²) >= 11 is 1.59. The molecule has 6 heteroatoms. The fraction of sp³-hybridized carbons (Fsp3) is 0.375. The Balaban J connectivity index is 1.96.